The van der Waals surface area contributed by atoms with Gasteiger partial charge in [-0.1, -0.05) is 298 Å². The van der Waals surface area contributed by atoms with Crippen LogP contribution in [0.2, 0.25) is 0 Å². The number of ether oxygens (including phenoxy) is 3. The van der Waals surface area contributed by atoms with Gasteiger partial charge in [-0.15, -0.1) is 0 Å². The van der Waals surface area contributed by atoms with Crippen LogP contribution in [-0.4, -0.2) is 37.2 Å². The van der Waals surface area contributed by atoms with Gasteiger partial charge in [-0.2, -0.15) is 0 Å². The molecule has 0 rings (SSSR count). The first-order chi connectivity index (χ1) is 37.0. The Morgan fingerprint density at radius 1 is 0.280 bits per heavy atom. The molecular weight excluding hydrogens is 925 g/mol. The molecule has 0 aliphatic heterocycles. The maximum Gasteiger partial charge on any atom is 0.306 e. The number of hydrogen-bond acceptors (Lipinski definition) is 6. The smallest absolute Gasteiger partial charge is 0.306 e. The molecule has 0 aliphatic carbocycles. The maximum absolute atomic E-state index is 12.8. The van der Waals surface area contributed by atoms with Gasteiger partial charge >= 0.3 is 17.9 Å². The average molecular weight is 1040 g/mol. The lowest BCUT2D eigenvalue weighted by Gasteiger charge is -2.18. The van der Waals surface area contributed by atoms with E-state index in [4.69, 9.17) is 14.2 Å². The third kappa shape index (κ3) is 61.1. The van der Waals surface area contributed by atoms with Crippen molar-refractivity contribution in [2.75, 3.05) is 13.2 Å². The fourth-order valence-electron chi connectivity index (χ4n) is 8.87. The van der Waals surface area contributed by atoms with E-state index in [0.717, 1.165) is 109 Å². The largest absolute Gasteiger partial charge is 0.462 e. The van der Waals surface area contributed by atoms with Gasteiger partial charge in [0.2, 0.25) is 0 Å². The molecule has 75 heavy (non-hydrogen) atoms. The minimum atomic E-state index is -0.773. The second kappa shape index (κ2) is 62.9. The minimum Gasteiger partial charge on any atom is -0.462 e. The number of allylic oxidation sites excluding steroid dienone is 16. The molecule has 6 nitrogen and oxygen atoms in total. The van der Waals surface area contributed by atoms with Gasteiger partial charge in [-0.3, -0.25) is 14.4 Å². The Labute approximate surface area is 464 Å². The summed E-state index contributed by atoms with van der Waals surface area (Å²) in [5, 5.41) is 0. The van der Waals surface area contributed by atoms with Crippen molar-refractivity contribution in [2.24, 2.45) is 0 Å². The van der Waals surface area contributed by atoms with E-state index in [0.29, 0.717) is 19.3 Å². The first kappa shape index (κ1) is 71.3. The number of unbranched alkanes of at least 4 members (excludes halogenated alkanes) is 30. The summed E-state index contributed by atoms with van der Waals surface area (Å²) in [5.74, 6) is -0.875. The molecule has 1 unspecified atom stereocenters. The Bertz CT molecular complexity index is 1480. The molecule has 0 heterocycles. The molecule has 0 saturated carbocycles. The first-order valence-corrected chi connectivity index (χ1v) is 31.7. The quantitative estimate of drug-likeness (QED) is 0.0261. The number of rotatable bonds is 57. The second-order valence-electron chi connectivity index (χ2n) is 21.0. The van der Waals surface area contributed by atoms with Crippen LogP contribution in [-0.2, 0) is 28.6 Å². The molecule has 0 amide bonds. The fraction of sp³-hybridized carbons (Fsp3) is 0.725. The lowest BCUT2D eigenvalue weighted by molar-refractivity contribution is -0.167. The molecule has 0 bridgehead atoms. The van der Waals surface area contributed by atoms with E-state index in [9.17, 15) is 14.4 Å². The Balaban J connectivity index is 4.07. The molecule has 0 aromatic heterocycles. The van der Waals surface area contributed by atoms with Crippen molar-refractivity contribution in [3.8, 4) is 0 Å². The summed E-state index contributed by atoms with van der Waals surface area (Å²) in [6, 6.07) is 0. The molecule has 0 fully saturated rings. The van der Waals surface area contributed by atoms with E-state index in [1.54, 1.807) is 0 Å². The normalized spacial score (nSPS) is 12.7. The van der Waals surface area contributed by atoms with E-state index >= 15 is 0 Å². The predicted octanol–water partition coefficient (Wildman–Crippen LogP) is 21.7. The van der Waals surface area contributed by atoms with Crippen LogP contribution in [0.25, 0.3) is 0 Å². The zero-order chi connectivity index (χ0) is 54.3. The maximum atomic E-state index is 12.8. The molecule has 0 aliphatic rings. The first-order valence-electron chi connectivity index (χ1n) is 31.7. The molecule has 0 aromatic rings. The Morgan fingerprint density at radius 2 is 0.520 bits per heavy atom. The summed E-state index contributed by atoms with van der Waals surface area (Å²) >= 11 is 0. The van der Waals surface area contributed by atoms with Gasteiger partial charge in [0.15, 0.2) is 6.10 Å². The van der Waals surface area contributed by atoms with Crippen LogP contribution >= 0.6 is 0 Å². The Hall–Kier alpha value is -3.67. The predicted molar refractivity (Wildman–Crippen MR) is 325 cm³/mol. The van der Waals surface area contributed by atoms with Gasteiger partial charge in [0.1, 0.15) is 13.2 Å². The topological polar surface area (TPSA) is 78.9 Å². The van der Waals surface area contributed by atoms with Crippen LogP contribution in [0.1, 0.15) is 303 Å². The zero-order valence-electron chi connectivity index (χ0n) is 49.3. The second-order valence-corrected chi connectivity index (χ2v) is 21.0. The number of carbonyl (C=O) groups excluding carboxylic acids is 3. The highest BCUT2D eigenvalue weighted by Gasteiger charge is 2.19. The van der Waals surface area contributed by atoms with Crippen LogP contribution in [0.4, 0.5) is 0 Å². The lowest BCUT2D eigenvalue weighted by Crippen LogP contribution is -2.30. The van der Waals surface area contributed by atoms with Crippen LogP contribution in [0.5, 0.6) is 0 Å². The summed E-state index contributed by atoms with van der Waals surface area (Å²) in [4.78, 5) is 38.0. The van der Waals surface area contributed by atoms with Crippen LogP contribution < -0.4 is 0 Å². The average Bonchev–Trinajstić information content (AvgIpc) is 3.41. The Kier molecular flexibility index (Phi) is 59.8. The molecule has 0 saturated heterocycles. The van der Waals surface area contributed by atoms with E-state index in [1.807, 2.05) is 0 Å². The van der Waals surface area contributed by atoms with Crippen molar-refractivity contribution < 1.29 is 28.6 Å². The monoisotopic (exact) mass is 1040 g/mol. The summed E-state index contributed by atoms with van der Waals surface area (Å²) in [7, 11) is 0. The van der Waals surface area contributed by atoms with E-state index < -0.39 is 6.10 Å². The van der Waals surface area contributed by atoms with Crippen molar-refractivity contribution >= 4 is 17.9 Å². The summed E-state index contributed by atoms with van der Waals surface area (Å²) < 4.78 is 16.8. The third-order valence-electron chi connectivity index (χ3n) is 13.6. The fourth-order valence-corrected chi connectivity index (χ4v) is 8.87. The van der Waals surface area contributed by atoms with Crippen molar-refractivity contribution in [1.82, 2.24) is 0 Å². The highest BCUT2D eigenvalue weighted by molar-refractivity contribution is 5.71. The van der Waals surface area contributed by atoms with Gasteiger partial charge in [-0.25, -0.2) is 0 Å². The standard InChI is InChI=1S/C69H118O6/c1-4-7-10-13-16-18-20-22-24-25-26-27-28-29-30-31-32-33-34-35-36-37-38-39-40-41-42-43-45-46-48-50-53-56-59-62-68(71)74-65-66(64-73-67(70)61-58-55-52-15-12-9-6-3)75-69(72)63-60-57-54-51-49-47-44-23-21-19-17-14-11-8-5-2/h7,10,16,18,22,24,26-27,29-30,32-33,35-36,38-39,66H,4-6,8-9,11-15,17,19-21,23,25,28,31,34,37,40-65H2,1-3H3/b10-7-,18-16-,24-22-,27-26-,30-29-,33-32-,36-35-,39-38-. The van der Waals surface area contributed by atoms with Crippen LogP contribution in [0.15, 0.2) is 97.2 Å². The molecule has 0 spiro atoms. The highest BCUT2D eigenvalue weighted by Crippen LogP contribution is 2.16. The number of carbonyl (C=O) groups is 3. The SMILES string of the molecule is CC/C=C\C/C=C\C/C=C\C/C=C\C/C=C\C/C=C\C/C=C\C/C=C\CCCCCCCCCCCCC(=O)OCC(COC(=O)CCCCCCCCC)OC(=O)CCCCCCCCCCCCCCCCC. The molecule has 0 radical (unpaired) electrons. The van der Waals surface area contributed by atoms with Gasteiger partial charge in [0.25, 0.3) is 0 Å². The molecule has 0 aromatic carbocycles. The van der Waals surface area contributed by atoms with Crippen molar-refractivity contribution in [2.45, 2.75) is 309 Å². The van der Waals surface area contributed by atoms with Crippen molar-refractivity contribution in [3.63, 3.8) is 0 Å². The van der Waals surface area contributed by atoms with Crippen LogP contribution in [0, 0.1) is 0 Å². The molecule has 0 N–H and O–H groups in total. The van der Waals surface area contributed by atoms with Gasteiger partial charge < -0.3 is 14.2 Å². The van der Waals surface area contributed by atoms with Gasteiger partial charge in [0, 0.05) is 19.3 Å². The number of esters is 3. The summed E-state index contributed by atoms with van der Waals surface area (Å²) in [6.07, 6.45) is 84.4. The number of hydrogen-bond donors (Lipinski definition) is 0. The van der Waals surface area contributed by atoms with Gasteiger partial charge in [-0.05, 0) is 83.5 Å². The van der Waals surface area contributed by atoms with E-state index in [2.05, 4.69) is 118 Å². The van der Waals surface area contributed by atoms with E-state index in [-0.39, 0.29) is 31.1 Å². The van der Waals surface area contributed by atoms with Crippen LogP contribution in [0.3, 0.4) is 0 Å². The van der Waals surface area contributed by atoms with E-state index in [1.165, 1.54) is 154 Å². The van der Waals surface area contributed by atoms with Gasteiger partial charge in [0.05, 0.1) is 0 Å². The van der Waals surface area contributed by atoms with Crippen molar-refractivity contribution in [3.05, 3.63) is 97.2 Å². The summed E-state index contributed by atoms with van der Waals surface area (Å²) in [5.41, 5.74) is 0. The molecule has 430 valence electrons. The molecule has 1 atom stereocenters. The highest BCUT2D eigenvalue weighted by atomic mass is 16.6. The summed E-state index contributed by atoms with van der Waals surface area (Å²) in [6.45, 7) is 6.50. The van der Waals surface area contributed by atoms with Crippen molar-refractivity contribution in [1.29, 1.82) is 0 Å². The third-order valence-corrected chi connectivity index (χ3v) is 13.6. The zero-order valence-corrected chi connectivity index (χ0v) is 49.3. The lowest BCUT2D eigenvalue weighted by atomic mass is 10.0. The molecular formula is C69H118O6. The minimum absolute atomic E-state index is 0.0740. The Morgan fingerprint density at radius 3 is 0.813 bits per heavy atom. The molecule has 6 heteroatoms.